The van der Waals surface area contributed by atoms with Gasteiger partial charge in [0.05, 0.1) is 20.6 Å². The maximum atomic E-state index is 11.9. The number of nitrogens with one attached hydrogen (secondary N) is 1. The third-order valence-corrected chi connectivity index (χ3v) is 3.79. The fourth-order valence-corrected chi connectivity index (χ4v) is 2.85. The molecule has 0 aliphatic carbocycles. The fourth-order valence-electron chi connectivity index (χ4n) is 1.62. The molecular weight excluding hydrogens is 400 g/mol. The van der Waals surface area contributed by atoms with Crippen LogP contribution in [-0.4, -0.2) is 12.5 Å². The molecular formula is C15H10Br2N2O2. The molecule has 0 aromatic heterocycles. The van der Waals surface area contributed by atoms with Crippen LogP contribution >= 0.6 is 31.9 Å². The molecule has 21 heavy (non-hydrogen) atoms. The SMILES string of the molecule is N#Cc1cccc(NC(=O)COc2c(Br)cccc2Br)c1. The summed E-state index contributed by atoms with van der Waals surface area (Å²) >= 11 is 6.72. The van der Waals surface area contributed by atoms with E-state index in [0.717, 1.165) is 8.95 Å². The van der Waals surface area contributed by atoms with Crippen molar-refractivity contribution in [3.63, 3.8) is 0 Å². The summed E-state index contributed by atoms with van der Waals surface area (Å²) in [5.41, 5.74) is 1.05. The molecule has 0 atom stereocenters. The van der Waals surface area contributed by atoms with E-state index < -0.39 is 0 Å². The quantitative estimate of drug-likeness (QED) is 0.826. The van der Waals surface area contributed by atoms with Gasteiger partial charge in [-0.2, -0.15) is 5.26 Å². The molecule has 2 rings (SSSR count). The molecule has 106 valence electrons. The monoisotopic (exact) mass is 408 g/mol. The van der Waals surface area contributed by atoms with Gasteiger partial charge in [-0.05, 0) is 62.2 Å². The summed E-state index contributed by atoms with van der Waals surface area (Å²) in [5, 5.41) is 11.5. The van der Waals surface area contributed by atoms with Crippen molar-refractivity contribution in [2.75, 3.05) is 11.9 Å². The van der Waals surface area contributed by atoms with E-state index in [1.807, 2.05) is 24.3 Å². The van der Waals surface area contributed by atoms with E-state index in [2.05, 4.69) is 37.2 Å². The number of benzene rings is 2. The van der Waals surface area contributed by atoms with Crippen LogP contribution in [0.15, 0.2) is 51.4 Å². The number of hydrogen-bond acceptors (Lipinski definition) is 3. The summed E-state index contributed by atoms with van der Waals surface area (Å²) in [6.45, 7) is -0.127. The van der Waals surface area contributed by atoms with E-state index >= 15 is 0 Å². The number of halogens is 2. The van der Waals surface area contributed by atoms with Crippen molar-refractivity contribution in [2.24, 2.45) is 0 Å². The molecule has 0 spiro atoms. The Balaban J connectivity index is 1.98. The minimum atomic E-state index is -0.298. The van der Waals surface area contributed by atoms with Gasteiger partial charge in [0.2, 0.25) is 0 Å². The van der Waals surface area contributed by atoms with Crippen molar-refractivity contribution in [3.05, 3.63) is 57.0 Å². The van der Waals surface area contributed by atoms with E-state index in [1.165, 1.54) is 0 Å². The molecule has 0 radical (unpaired) electrons. The fraction of sp³-hybridized carbons (Fsp3) is 0.0667. The Labute approximate surface area is 139 Å². The molecule has 6 heteroatoms. The van der Waals surface area contributed by atoms with Crippen molar-refractivity contribution in [1.82, 2.24) is 0 Å². The van der Waals surface area contributed by atoms with Crippen molar-refractivity contribution >= 4 is 43.5 Å². The smallest absolute Gasteiger partial charge is 0.262 e. The van der Waals surface area contributed by atoms with Crippen LogP contribution < -0.4 is 10.1 Å². The van der Waals surface area contributed by atoms with Crippen LogP contribution in [0.3, 0.4) is 0 Å². The highest BCUT2D eigenvalue weighted by Crippen LogP contribution is 2.32. The zero-order valence-electron chi connectivity index (χ0n) is 10.8. The van der Waals surface area contributed by atoms with E-state index in [9.17, 15) is 4.79 Å². The summed E-state index contributed by atoms with van der Waals surface area (Å²) in [5.74, 6) is 0.270. The third-order valence-electron chi connectivity index (χ3n) is 2.54. The molecule has 0 saturated heterocycles. The van der Waals surface area contributed by atoms with Gasteiger partial charge < -0.3 is 10.1 Å². The van der Waals surface area contributed by atoms with Crippen molar-refractivity contribution in [2.45, 2.75) is 0 Å². The summed E-state index contributed by atoms with van der Waals surface area (Å²) in [7, 11) is 0. The molecule has 2 aromatic carbocycles. The van der Waals surface area contributed by atoms with Crippen LogP contribution in [0.25, 0.3) is 0 Å². The molecule has 1 amide bonds. The molecule has 2 aromatic rings. The number of nitriles is 1. The van der Waals surface area contributed by atoms with Gasteiger partial charge >= 0.3 is 0 Å². The maximum absolute atomic E-state index is 11.9. The lowest BCUT2D eigenvalue weighted by atomic mass is 10.2. The Morgan fingerprint density at radius 1 is 1.19 bits per heavy atom. The van der Waals surface area contributed by atoms with Gasteiger partial charge in [-0.25, -0.2) is 0 Å². The normalized spacial score (nSPS) is 9.76. The molecule has 1 N–H and O–H groups in total. The van der Waals surface area contributed by atoms with Gasteiger partial charge in [0, 0.05) is 5.69 Å². The average Bonchev–Trinajstić information content (AvgIpc) is 2.47. The first-order valence-corrected chi connectivity index (χ1v) is 7.55. The minimum absolute atomic E-state index is 0.127. The molecule has 0 unspecified atom stereocenters. The predicted molar refractivity (Wildman–Crippen MR) is 87.1 cm³/mol. The maximum Gasteiger partial charge on any atom is 0.262 e. The average molecular weight is 410 g/mol. The lowest BCUT2D eigenvalue weighted by Crippen LogP contribution is -2.20. The summed E-state index contributed by atoms with van der Waals surface area (Å²) in [6.07, 6.45) is 0. The number of carbonyl (C=O) groups is 1. The first-order chi connectivity index (χ1) is 10.1. The largest absolute Gasteiger partial charge is 0.481 e. The Kier molecular flexibility index (Phi) is 5.37. The van der Waals surface area contributed by atoms with Gasteiger partial charge in [0.15, 0.2) is 6.61 Å². The van der Waals surface area contributed by atoms with E-state index in [-0.39, 0.29) is 12.5 Å². The zero-order chi connectivity index (χ0) is 15.2. The van der Waals surface area contributed by atoms with Crippen molar-refractivity contribution in [3.8, 4) is 11.8 Å². The number of carbonyl (C=O) groups excluding carboxylic acids is 1. The lowest BCUT2D eigenvalue weighted by molar-refractivity contribution is -0.118. The molecule has 0 fully saturated rings. The van der Waals surface area contributed by atoms with E-state index in [4.69, 9.17) is 10.00 Å². The first kappa shape index (κ1) is 15.5. The van der Waals surface area contributed by atoms with Crippen LogP contribution in [-0.2, 0) is 4.79 Å². The standard InChI is InChI=1S/C15H10Br2N2O2/c16-12-5-2-6-13(17)15(12)21-9-14(20)19-11-4-1-3-10(7-11)8-18/h1-7H,9H2,(H,19,20). The van der Waals surface area contributed by atoms with Gasteiger partial charge in [0.1, 0.15) is 5.75 Å². The van der Waals surface area contributed by atoms with Crippen LogP contribution in [0.5, 0.6) is 5.75 Å². The van der Waals surface area contributed by atoms with Crippen LogP contribution in [0.1, 0.15) is 5.56 Å². The number of amides is 1. The zero-order valence-corrected chi connectivity index (χ0v) is 13.9. The Hall–Kier alpha value is -1.84. The third kappa shape index (κ3) is 4.31. The molecule has 0 bridgehead atoms. The summed E-state index contributed by atoms with van der Waals surface area (Å²) in [6, 6.07) is 14.2. The second kappa shape index (κ2) is 7.25. The number of para-hydroxylation sites is 1. The molecule has 0 saturated carbocycles. The van der Waals surface area contributed by atoms with Gasteiger partial charge in [-0.3, -0.25) is 4.79 Å². The highest BCUT2D eigenvalue weighted by atomic mass is 79.9. The summed E-state index contributed by atoms with van der Waals surface area (Å²) < 4.78 is 7.01. The van der Waals surface area contributed by atoms with E-state index in [0.29, 0.717) is 17.0 Å². The highest BCUT2D eigenvalue weighted by Gasteiger charge is 2.09. The van der Waals surface area contributed by atoms with Gasteiger partial charge in [0.25, 0.3) is 5.91 Å². The number of rotatable bonds is 4. The second-order valence-electron chi connectivity index (χ2n) is 4.08. The Morgan fingerprint density at radius 3 is 2.52 bits per heavy atom. The summed E-state index contributed by atoms with van der Waals surface area (Å²) in [4.78, 5) is 11.9. The van der Waals surface area contributed by atoms with Crippen LogP contribution in [0.2, 0.25) is 0 Å². The minimum Gasteiger partial charge on any atom is -0.481 e. The van der Waals surface area contributed by atoms with Crippen LogP contribution in [0.4, 0.5) is 5.69 Å². The Bertz CT molecular complexity index is 691. The lowest BCUT2D eigenvalue weighted by Gasteiger charge is -2.10. The van der Waals surface area contributed by atoms with Crippen molar-refractivity contribution in [1.29, 1.82) is 5.26 Å². The predicted octanol–water partition coefficient (Wildman–Crippen LogP) is 4.10. The molecule has 0 aliphatic rings. The molecule has 0 heterocycles. The number of ether oxygens (including phenoxy) is 1. The molecule has 0 aliphatic heterocycles. The number of hydrogen-bond donors (Lipinski definition) is 1. The van der Waals surface area contributed by atoms with E-state index in [1.54, 1.807) is 24.3 Å². The van der Waals surface area contributed by atoms with Gasteiger partial charge in [-0.1, -0.05) is 12.1 Å². The number of nitrogens with zero attached hydrogens (tertiary/aromatic N) is 1. The second-order valence-corrected chi connectivity index (χ2v) is 5.79. The molecule has 4 nitrogen and oxygen atoms in total. The van der Waals surface area contributed by atoms with Crippen LogP contribution in [0, 0.1) is 11.3 Å². The first-order valence-electron chi connectivity index (χ1n) is 5.97. The Morgan fingerprint density at radius 2 is 1.86 bits per heavy atom. The van der Waals surface area contributed by atoms with Gasteiger partial charge in [-0.15, -0.1) is 0 Å². The number of anilines is 1. The van der Waals surface area contributed by atoms with Crippen molar-refractivity contribution < 1.29 is 9.53 Å². The highest BCUT2D eigenvalue weighted by molar-refractivity contribution is 9.11. The topological polar surface area (TPSA) is 62.1 Å².